The molecule has 0 aromatic heterocycles. The van der Waals surface area contributed by atoms with Gasteiger partial charge in [-0.2, -0.15) is 0 Å². The lowest BCUT2D eigenvalue weighted by Crippen LogP contribution is -2.38. The molecule has 6 heteroatoms. The van der Waals surface area contributed by atoms with Gasteiger partial charge in [-0.25, -0.2) is 0 Å². The van der Waals surface area contributed by atoms with Crippen molar-refractivity contribution >= 4 is 0 Å². The molecular weight excluding hydrogens is 248 g/mol. The van der Waals surface area contributed by atoms with Crippen molar-refractivity contribution in [1.29, 1.82) is 0 Å². The Labute approximate surface area is 115 Å². The lowest BCUT2D eigenvalue weighted by atomic mass is 10.5. The SMILES string of the molecule is COCCOC(C)N1C=CN(C(C)OCCOC)C1. The maximum Gasteiger partial charge on any atom is 0.128 e. The molecule has 19 heavy (non-hydrogen) atoms. The first-order chi connectivity index (χ1) is 9.19. The van der Waals surface area contributed by atoms with Crippen molar-refractivity contribution in [3.63, 3.8) is 0 Å². The van der Waals surface area contributed by atoms with Gasteiger partial charge in [0.15, 0.2) is 0 Å². The Morgan fingerprint density at radius 3 is 1.63 bits per heavy atom. The molecule has 0 aromatic rings. The van der Waals surface area contributed by atoms with E-state index in [0.717, 1.165) is 6.67 Å². The number of nitrogens with zero attached hydrogens (tertiary/aromatic N) is 2. The summed E-state index contributed by atoms with van der Waals surface area (Å²) in [6, 6.07) is 0. The molecule has 0 fully saturated rings. The van der Waals surface area contributed by atoms with Gasteiger partial charge in [-0.15, -0.1) is 0 Å². The Balaban J connectivity index is 2.23. The molecule has 2 atom stereocenters. The predicted molar refractivity (Wildman–Crippen MR) is 72.3 cm³/mol. The summed E-state index contributed by atoms with van der Waals surface area (Å²) in [7, 11) is 3.34. The summed E-state index contributed by atoms with van der Waals surface area (Å²) in [5.74, 6) is 0. The van der Waals surface area contributed by atoms with Gasteiger partial charge in [-0.05, 0) is 13.8 Å². The molecule has 0 bridgehead atoms. The summed E-state index contributed by atoms with van der Waals surface area (Å²) >= 11 is 0. The highest BCUT2D eigenvalue weighted by molar-refractivity contribution is 4.91. The topological polar surface area (TPSA) is 43.4 Å². The molecule has 0 N–H and O–H groups in total. The lowest BCUT2D eigenvalue weighted by molar-refractivity contribution is -0.0789. The van der Waals surface area contributed by atoms with Crippen molar-refractivity contribution in [2.24, 2.45) is 0 Å². The van der Waals surface area contributed by atoms with Gasteiger partial charge in [-0.1, -0.05) is 0 Å². The molecular formula is C13H26N2O4. The fourth-order valence-electron chi connectivity index (χ4n) is 1.72. The predicted octanol–water partition coefficient (Wildman–Crippen LogP) is 1.05. The number of rotatable bonds is 10. The first-order valence-electron chi connectivity index (χ1n) is 6.60. The van der Waals surface area contributed by atoms with Gasteiger partial charge in [0, 0.05) is 26.6 Å². The maximum atomic E-state index is 5.66. The van der Waals surface area contributed by atoms with Gasteiger partial charge >= 0.3 is 0 Å². The third-order valence-corrected chi connectivity index (χ3v) is 3.00. The zero-order chi connectivity index (χ0) is 14.1. The van der Waals surface area contributed by atoms with E-state index in [9.17, 15) is 0 Å². The van der Waals surface area contributed by atoms with Crippen molar-refractivity contribution in [3.05, 3.63) is 12.4 Å². The average molecular weight is 274 g/mol. The van der Waals surface area contributed by atoms with E-state index in [0.29, 0.717) is 26.4 Å². The van der Waals surface area contributed by atoms with Crippen molar-refractivity contribution in [2.75, 3.05) is 47.3 Å². The number of methoxy groups -OCH3 is 2. The number of hydrogen-bond donors (Lipinski definition) is 0. The number of ether oxygens (including phenoxy) is 4. The highest BCUT2D eigenvalue weighted by atomic mass is 16.5. The molecule has 0 radical (unpaired) electrons. The molecule has 6 nitrogen and oxygen atoms in total. The van der Waals surface area contributed by atoms with Crippen molar-refractivity contribution in [1.82, 2.24) is 9.80 Å². The summed E-state index contributed by atoms with van der Waals surface area (Å²) in [5, 5.41) is 0. The molecule has 2 unspecified atom stereocenters. The standard InChI is InChI=1S/C13H26N2O4/c1-12(18-9-7-16-3)14-5-6-15(11-14)13(2)19-10-8-17-4/h5-6,12-13H,7-11H2,1-4H3. The summed E-state index contributed by atoms with van der Waals surface area (Å²) in [5.41, 5.74) is 0. The van der Waals surface area contributed by atoms with Crippen molar-refractivity contribution in [3.8, 4) is 0 Å². The van der Waals surface area contributed by atoms with Gasteiger partial charge in [-0.3, -0.25) is 0 Å². The molecule has 0 amide bonds. The monoisotopic (exact) mass is 274 g/mol. The van der Waals surface area contributed by atoms with Crippen LogP contribution in [0.1, 0.15) is 13.8 Å². The molecule has 1 rings (SSSR count). The van der Waals surface area contributed by atoms with Crippen LogP contribution in [0.4, 0.5) is 0 Å². The Hall–Kier alpha value is -0.820. The minimum Gasteiger partial charge on any atom is -0.382 e. The first-order valence-corrected chi connectivity index (χ1v) is 6.60. The Morgan fingerprint density at radius 1 is 0.842 bits per heavy atom. The van der Waals surface area contributed by atoms with E-state index in [2.05, 4.69) is 9.80 Å². The Bertz CT molecular complexity index is 239. The largest absolute Gasteiger partial charge is 0.382 e. The fraction of sp³-hybridized carbons (Fsp3) is 0.846. The van der Waals surface area contributed by atoms with Gasteiger partial charge in [0.1, 0.15) is 12.5 Å². The van der Waals surface area contributed by atoms with Crippen LogP contribution in [0, 0.1) is 0 Å². The normalized spacial score (nSPS) is 18.1. The van der Waals surface area contributed by atoms with Crippen LogP contribution >= 0.6 is 0 Å². The molecule has 1 aliphatic rings. The number of hydrogen-bond acceptors (Lipinski definition) is 6. The van der Waals surface area contributed by atoms with Crippen LogP contribution < -0.4 is 0 Å². The lowest BCUT2D eigenvalue weighted by Gasteiger charge is -2.29. The Kier molecular flexibility index (Phi) is 7.81. The molecule has 0 spiro atoms. The maximum absolute atomic E-state index is 5.66. The molecule has 0 aromatic carbocycles. The smallest absolute Gasteiger partial charge is 0.128 e. The molecule has 1 aliphatic heterocycles. The van der Waals surface area contributed by atoms with Crippen LogP contribution in [-0.4, -0.2) is 69.6 Å². The van der Waals surface area contributed by atoms with Crippen molar-refractivity contribution < 1.29 is 18.9 Å². The molecule has 1 heterocycles. The van der Waals surface area contributed by atoms with E-state index in [-0.39, 0.29) is 12.5 Å². The second-order valence-corrected chi connectivity index (χ2v) is 4.39. The second-order valence-electron chi connectivity index (χ2n) is 4.39. The summed E-state index contributed by atoms with van der Waals surface area (Å²) in [6.45, 7) is 7.25. The van der Waals surface area contributed by atoms with Crippen LogP contribution in [0.2, 0.25) is 0 Å². The zero-order valence-corrected chi connectivity index (χ0v) is 12.4. The third kappa shape index (κ3) is 5.78. The molecule has 112 valence electrons. The van der Waals surface area contributed by atoms with Crippen LogP contribution in [0.3, 0.4) is 0 Å². The summed E-state index contributed by atoms with van der Waals surface area (Å²) < 4.78 is 21.2. The van der Waals surface area contributed by atoms with E-state index in [4.69, 9.17) is 18.9 Å². The van der Waals surface area contributed by atoms with Crippen LogP contribution in [-0.2, 0) is 18.9 Å². The van der Waals surface area contributed by atoms with Gasteiger partial charge in [0.2, 0.25) is 0 Å². The zero-order valence-electron chi connectivity index (χ0n) is 12.4. The molecule has 0 saturated heterocycles. The highest BCUT2D eigenvalue weighted by Gasteiger charge is 2.21. The van der Waals surface area contributed by atoms with Crippen LogP contribution in [0.5, 0.6) is 0 Å². The van der Waals surface area contributed by atoms with E-state index >= 15 is 0 Å². The van der Waals surface area contributed by atoms with Gasteiger partial charge in [0.25, 0.3) is 0 Å². The van der Waals surface area contributed by atoms with Gasteiger partial charge in [0.05, 0.1) is 33.1 Å². The highest BCUT2D eigenvalue weighted by Crippen LogP contribution is 2.15. The van der Waals surface area contributed by atoms with E-state index in [1.165, 1.54) is 0 Å². The first kappa shape index (κ1) is 16.2. The van der Waals surface area contributed by atoms with Gasteiger partial charge < -0.3 is 28.7 Å². The Morgan fingerprint density at radius 2 is 1.26 bits per heavy atom. The quantitative estimate of drug-likeness (QED) is 0.555. The van der Waals surface area contributed by atoms with Crippen LogP contribution in [0.15, 0.2) is 12.4 Å². The minimum absolute atomic E-state index is 0.0302. The van der Waals surface area contributed by atoms with E-state index in [1.807, 2.05) is 26.2 Å². The summed E-state index contributed by atoms with van der Waals surface area (Å²) in [6.07, 6.45) is 4.10. The molecule has 0 aliphatic carbocycles. The summed E-state index contributed by atoms with van der Waals surface area (Å²) in [4.78, 5) is 4.23. The average Bonchev–Trinajstić information content (AvgIpc) is 2.89. The fourth-order valence-corrected chi connectivity index (χ4v) is 1.72. The van der Waals surface area contributed by atoms with E-state index in [1.54, 1.807) is 14.2 Å². The van der Waals surface area contributed by atoms with Crippen molar-refractivity contribution in [2.45, 2.75) is 26.3 Å². The minimum atomic E-state index is 0.0302. The third-order valence-electron chi connectivity index (χ3n) is 3.00. The molecule has 0 saturated carbocycles. The van der Waals surface area contributed by atoms with E-state index < -0.39 is 0 Å². The second kappa shape index (κ2) is 9.14. The van der Waals surface area contributed by atoms with Crippen LogP contribution in [0.25, 0.3) is 0 Å².